The summed E-state index contributed by atoms with van der Waals surface area (Å²) in [5, 5.41) is 18.8. The minimum absolute atomic E-state index is 0.0271. The molecule has 2 fully saturated rings. The number of hydrogen-bond acceptors (Lipinski definition) is 4. The van der Waals surface area contributed by atoms with E-state index >= 15 is 0 Å². The van der Waals surface area contributed by atoms with Gasteiger partial charge < -0.3 is 19.7 Å². The van der Waals surface area contributed by atoms with Gasteiger partial charge in [0.1, 0.15) is 0 Å². The van der Waals surface area contributed by atoms with Crippen molar-refractivity contribution in [1.29, 1.82) is 0 Å². The first-order chi connectivity index (χ1) is 14.6. The lowest BCUT2D eigenvalue weighted by atomic mass is 9.81. The van der Waals surface area contributed by atoms with Gasteiger partial charge in [-0.25, -0.2) is 0 Å². The van der Waals surface area contributed by atoms with Gasteiger partial charge in [-0.1, -0.05) is 45.8 Å². The Bertz CT molecular complexity index is 582. The van der Waals surface area contributed by atoms with E-state index in [9.17, 15) is 15.0 Å². The Labute approximate surface area is 189 Å². The third kappa shape index (κ3) is 8.18. The van der Waals surface area contributed by atoms with Gasteiger partial charge in [-0.05, 0) is 69.6 Å². The second-order valence-corrected chi connectivity index (χ2v) is 11.3. The summed E-state index contributed by atoms with van der Waals surface area (Å²) in [5.74, 6) is 0.583. The first-order valence-electron chi connectivity index (χ1n) is 12.3. The molecule has 5 nitrogen and oxygen atoms in total. The molecule has 180 valence electrons. The number of ether oxygens (including phenoxy) is 2. The van der Waals surface area contributed by atoms with Crippen LogP contribution in [0.5, 0.6) is 0 Å². The SMILES string of the molecule is CC(CCC(C)(C)C(=O)O)C1OCCC1/C=C/C1OCCC1CCCCC(C)(C)CO. The summed E-state index contributed by atoms with van der Waals surface area (Å²) in [7, 11) is 0. The van der Waals surface area contributed by atoms with Gasteiger partial charge in [0.15, 0.2) is 0 Å². The predicted octanol–water partition coefficient (Wildman–Crippen LogP) is 5.46. The smallest absolute Gasteiger partial charge is 0.309 e. The van der Waals surface area contributed by atoms with Gasteiger partial charge in [0.05, 0.1) is 17.6 Å². The summed E-state index contributed by atoms with van der Waals surface area (Å²) in [6, 6.07) is 0. The molecule has 2 heterocycles. The normalized spacial score (nSPS) is 28.5. The van der Waals surface area contributed by atoms with Gasteiger partial charge in [-0.2, -0.15) is 0 Å². The van der Waals surface area contributed by atoms with E-state index in [1.807, 2.05) is 0 Å². The zero-order valence-electron chi connectivity index (χ0n) is 20.4. The third-order valence-corrected chi connectivity index (χ3v) is 7.47. The van der Waals surface area contributed by atoms with Crippen LogP contribution in [0.25, 0.3) is 0 Å². The van der Waals surface area contributed by atoms with E-state index in [1.165, 1.54) is 12.8 Å². The van der Waals surface area contributed by atoms with E-state index in [0.29, 0.717) is 24.2 Å². The fourth-order valence-corrected chi connectivity index (χ4v) is 4.80. The van der Waals surface area contributed by atoms with E-state index in [0.717, 1.165) is 45.3 Å². The standard InChI is InChI=1S/C26H46O5/c1-19(11-15-26(4,5)24(28)29)23-21(13-17-31-23)9-10-22-20(12-16-30-22)8-6-7-14-25(2,3)18-27/h9-10,19-23,27H,6-8,11-18H2,1-5H3,(H,28,29)/b10-9+. The van der Waals surface area contributed by atoms with Crippen molar-refractivity contribution in [2.75, 3.05) is 19.8 Å². The van der Waals surface area contributed by atoms with E-state index in [-0.39, 0.29) is 24.2 Å². The fourth-order valence-electron chi connectivity index (χ4n) is 4.80. The molecule has 0 aromatic carbocycles. The molecule has 5 atom stereocenters. The number of aliphatic hydroxyl groups is 1. The van der Waals surface area contributed by atoms with Crippen LogP contribution < -0.4 is 0 Å². The van der Waals surface area contributed by atoms with E-state index in [1.54, 1.807) is 13.8 Å². The molecule has 0 bridgehead atoms. The first-order valence-corrected chi connectivity index (χ1v) is 12.3. The zero-order chi connectivity index (χ0) is 23.1. The van der Waals surface area contributed by atoms with Crippen LogP contribution >= 0.6 is 0 Å². The number of unbranched alkanes of at least 4 members (excludes halogenated alkanes) is 1. The highest BCUT2D eigenvalue weighted by Crippen LogP contribution is 2.35. The molecular weight excluding hydrogens is 392 g/mol. The van der Waals surface area contributed by atoms with Crippen LogP contribution in [0.3, 0.4) is 0 Å². The Morgan fingerprint density at radius 2 is 1.77 bits per heavy atom. The van der Waals surface area contributed by atoms with Crippen LogP contribution in [0.15, 0.2) is 12.2 Å². The Balaban J connectivity index is 1.81. The molecule has 2 saturated heterocycles. The maximum atomic E-state index is 11.4. The van der Waals surface area contributed by atoms with Crippen molar-refractivity contribution in [2.45, 2.75) is 98.2 Å². The van der Waals surface area contributed by atoms with Crippen LogP contribution in [-0.4, -0.2) is 48.2 Å². The number of carboxylic acid groups (broad SMARTS) is 1. The molecule has 0 aromatic heterocycles. The van der Waals surface area contributed by atoms with Gasteiger partial charge in [0.25, 0.3) is 0 Å². The molecule has 0 amide bonds. The van der Waals surface area contributed by atoms with Crippen molar-refractivity contribution in [3.05, 3.63) is 12.2 Å². The zero-order valence-corrected chi connectivity index (χ0v) is 20.4. The highest BCUT2D eigenvalue weighted by molar-refractivity contribution is 5.73. The quantitative estimate of drug-likeness (QED) is 0.295. The molecule has 5 unspecified atom stereocenters. The maximum Gasteiger partial charge on any atom is 0.309 e. The molecule has 0 saturated carbocycles. The molecule has 0 radical (unpaired) electrons. The lowest BCUT2D eigenvalue weighted by Gasteiger charge is -2.27. The monoisotopic (exact) mass is 438 g/mol. The molecule has 2 aliphatic rings. The molecule has 0 spiro atoms. The maximum absolute atomic E-state index is 11.4. The second-order valence-electron chi connectivity index (χ2n) is 11.3. The molecule has 5 heteroatoms. The number of rotatable bonds is 13. The number of carboxylic acids is 1. The highest BCUT2D eigenvalue weighted by atomic mass is 16.5. The van der Waals surface area contributed by atoms with Gasteiger partial charge in [-0.15, -0.1) is 0 Å². The first kappa shape index (κ1) is 26.3. The van der Waals surface area contributed by atoms with Crippen molar-refractivity contribution in [1.82, 2.24) is 0 Å². The Morgan fingerprint density at radius 1 is 1.06 bits per heavy atom. The summed E-state index contributed by atoms with van der Waals surface area (Å²) in [6.07, 6.45) is 13.2. The Hall–Kier alpha value is -0.910. The topological polar surface area (TPSA) is 76.0 Å². The number of hydrogen-bond donors (Lipinski definition) is 2. The minimum Gasteiger partial charge on any atom is -0.481 e. The molecule has 0 aliphatic carbocycles. The number of aliphatic carboxylic acids is 1. The van der Waals surface area contributed by atoms with Crippen LogP contribution in [0.1, 0.15) is 86.0 Å². The van der Waals surface area contributed by atoms with E-state index in [2.05, 4.69) is 32.9 Å². The van der Waals surface area contributed by atoms with Crippen LogP contribution in [0, 0.1) is 28.6 Å². The van der Waals surface area contributed by atoms with Crippen molar-refractivity contribution < 1.29 is 24.5 Å². The van der Waals surface area contributed by atoms with Crippen LogP contribution in [-0.2, 0) is 14.3 Å². The van der Waals surface area contributed by atoms with E-state index < -0.39 is 11.4 Å². The average Bonchev–Trinajstić information content (AvgIpc) is 3.37. The fraction of sp³-hybridized carbons (Fsp3) is 0.885. The summed E-state index contributed by atoms with van der Waals surface area (Å²) in [6.45, 7) is 11.9. The lowest BCUT2D eigenvalue weighted by molar-refractivity contribution is -0.147. The van der Waals surface area contributed by atoms with Crippen molar-refractivity contribution >= 4 is 5.97 Å². The molecule has 2 aliphatic heterocycles. The van der Waals surface area contributed by atoms with Crippen LogP contribution in [0.2, 0.25) is 0 Å². The molecule has 2 rings (SSSR count). The Morgan fingerprint density at radius 3 is 2.45 bits per heavy atom. The van der Waals surface area contributed by atoms with Crippen LogP contribution in [0.4, 0.5) is 0 Å². The minimum atomic E-state index is -0.729. The van der Waals surface area contributed by atoms with E-state index in [4.69, 9.17) is 9.47 Å². The number of aliphatic hydroxyl groups excluding tert-OH is 1. The summed E-state index contributed by atoms with van der Waals surface area (Å²) >= 11 is 0. The highest BCUT2D eigenvalue weighted by Gasteiger charge is 2.34. The lowest BCUT2D eigenvalue weighted by Crippen LogP contribution is -2.28. The second kappa shape index (κ2) is 11.8. The third-order valence-electron chi connectivity index (χ3n) is 7.47. The summed E-state index contributed by atoms with van der Waals surface area (Å²) < 4.78 is 12.1. The van der Waals surface area contributed by atoms with Crippen molar-refractivity contribution in [3.8, 4) is 0 Å². The molecule has 2 N–H and O–H groups in total. The molecular formula is C26H46O5. The van der Waals surface area contributed by atoms with Gasteiger partial charge in [0, 0.05) is 25.7 Å². The summed E-state index contributed by atoms with van der Waals surface area (Å²) in [5.41, 5.74) is -0.658. The largest absolute Gasteiger partial charge is 0.481 e. The molecule has 0 aromatic rings. The van der Waals surface area contributed by atoms with Crippen molar-refractivity contribution in [3.63, 3.8) is 0 Å². The average molecular weight is 439 g/mol. The van der Waals surface area contributed by atoms with Gasteiger partial charge in [0.2, 0.25) is 0 Å². The summed E-state index contributed by atoms with van der Waals surface area (Å²) in [4.78, 5) is 11.4. The molecule has 31 heavy (non-hydrogen) atoms. The van der Waals surface area contributed by atoms with Crippen molar-refractivity contribution in [2.24, 2.45) is 28.6 Å². The van der Waals surface area contributed by atoms with Gasteiger partial charge in [-0.3, -0.25) is 4.79 Å². The van der Waals surface area contributed by atoms with Gasteiger partial charge >= 0.3 is 5.97 Å². The predicted molar refractivity (Wildman–Crippen MR) is 124 cm³/mol. The number of carbonyl (C=O) groups is 1. The Kier molecular flexibility index (Phi) is 10.0.